The Bertz CT molecular complexity index is 1900. The Labute approximate surface area is 416 Å². The molecule has 0 unspecified atom stereocenters. The maximum absolute atomic E-state index is 14.2. The van der Waals surface area contributed by atoms with Crippen molar-refractivity contribution in [3.05, 3.63) is 35.9 Å². The fraction of sp³-hybridized carbons (Fsp3) is 0.644. The third kappa shape index (κ3) is 24.4. The molecule has 0 aromatic heterocycles. The molecule has 0 spiro atoms. The number of nitrogens with zero attached hydrogens (tertiary/aromatic N) is 2. The number of hydrogen-bond donors (Lipinski definition) is 15. The molecular formula is C45H79N15O9S. The summed E-state index contributed by atoms with van der Waals surface area (Å²) in [5.41, 5.74) is 34.2. The van der Waals surface area contributed by atoms with Crippen molar-refractivity contribution in [2.45, 2.75) is 147 Å². The zero-order valence-electron chi connectivity index (χ0n) is 41.1. The van der Waals surface area contributed by atoms with Crippen molar-refractivity contribution in [1.29, 1.82) is 0 Å². The van der Waals surface area contributed by atoms with Crippen LogP contribution in [-0.4, -0.2) is 138 Å². The van der Waals surface area contributed by atoms with Crippen LogP contribution >= 0.6 is 12.6 Å². The van der Waals surface area contributed by atoms with Crippen LogP contribution in [0.1, 0.15) is 98.0 Å². The van der Waals surface area contributed by atoms with E-state index in [0.29, 0.717) is 37.8 Å². The number of nitrogens with one attached hydrogen (secondary N) is 7. The molecule has 70 heavy (non-hydrogen) atoms. The van der Waals surface area contributed by atoms with Crippen LogP contribution in [0.3, 0.4) is 0 Å². The number of benzene rings is 1. The van der Waals surface area contributed by atoms with Gasteiger partial charge in [0.15, 0.2) is 11.9 Å². The number of thiol groups is 1. The number of aliphatic carboxylic acids is 1. The summed E-state index contributed by atoms with van der Waals surface area (Å²) in [6.45, 7) is 9.13. The number of amides is 7. The monoisotopic (exact) mass is 1010 g/mol. The first-order chi connectivity index (χ1) is 33.0. The van der Waals surface area contributed by atoms with Crippen LogP contribution in [0.2, 0.25) is 0 Å². The van der Waals surface area contributed by atoms with Gasteiger partial charge in [-0.05, 0) is 75.8 Å². The quantitative estimate of drug-likeness (QED) is 0.0145. The number of carbonyl (C=O) groups excluding carboxylic acids is 7. The van der Waals surface area contributed by atoms with Gasteiger partial charge in [-0.1, -0.05) is 70.9 Å². The molecule has 0 heterocycles. The number of unbranched alkanes of at least 4 members (excludes halogenated alkanes) is 1. The molecule has 0 saturated carbocycles. The lowest BCUT2D eigenvalue weighted by atomic mass is 9.96. The number of carboxylic acids is 1. The number of aliphatic imine (C=N–C) groups is 2. The van der Waals surface area contributed by atoms with E-state index in [1.54, 1.807) is 44.2 Å². The second-order valence-corrected chi connectivity index (χ2v) is 17.9. The molecule has 7 amide bonds. The Morgan fingerprint density at radius 2 is 1.09 bits per heavy atom. The second kappa shape index (κ2) is 33.3. The molecule has 1 aromatic carbocycles. The van der Waals surface area contributed by atoms with Crippen LogP contribution in [-0.2, 0) is 44.8 Å². The van der Waals surface area contributed by atoms with Gasteiger partial charge in [-0.15, -0.1) is 0 Å². The van der Waals surface area contributed by atoms with Gasteiger partial charge in [-0.2, -0.15) is 12.6 Å². The Hall–Kier alpha value is -6.21. The van der Waals surface area contributed by atoms with Gasteiger partial charge in [0.05, 0.1) is 6.04 Å². The molecule has 0 bridgehead atoms. The van der Waals surface area contributed by atoms with Crippen LogP contribution in [0.5, 0.6) is 0 Å². The predicted octanol–water partition coefficient (Wildman–Crippen LogP) is -2.69. The summed E-state index contributed by atoms with van der Waals surface area (Å²) < 4.78 is 0. The maximum atomic E-state index is 14.2. The van der Waals surface area contributed by atoms with Gasteiger partial charge in [0, 0.05) is 25.3 Å². The molecule has 0 aliphatic carbocycles. The molecule has 0 fully saturated rings. The molecule has 24 nitrogen and oxygen atoms in total. The molecule has 20 N–H and O–H groups in total. The van der Waals surface area contributed by atoms with Crippen LogP contribution in [0.15, 0.2) is 40.3 Å². The number of guanidine groups is 2. The highest BCUT2D eigenvalue weighted by molar-refractivity contribution is 7.80. The lowest BCUT2D eigenvalue weighted by Gasteiger charge is -2.29. The smallest absolute Gasteiger partial charge is 0.326 e. The number of hydrogen-bond acceptors (Lipinski definition) is 13. The predicted molar refractivity (Wildman–Crippen MR) is 270 cm³/mol. The van der Waals surface area contributed by atoms with E-state index in [1.807, 2.05) is 13.8 Å². The largest absolute Gasteiger partial charge is 0.480 e. The van der Waals surface area contributed by atoms with E-state index in [2.05, 4.69) is 59.8 Å². The van der Waals surface area contributed by atoms with Gasteiger partial charge < -0.3 is 76.7 Å². The highest BCUT2D eigenvalue weighted by Gasteiger charge is 2.35. The van der Waals surface area contributed by atoms with Gasteiger partial charge in [-0.3, -0.25) is 43.5 Å². The summed E-state index contributed by atoms with van der Waals surface area (Å²) in [6.07, 6.45) is 2.39. The molecule has 1 rings (SSSR count). The lowest BCUT2D eigenvalue weighted by molar-refractivity contribution is -0.142. The van der Waals surface area contributed by atoms with Crippen molar-refractivity contribution < 1.29 is 43.5 Å². The molecular weight excluding hydrogens is 927 g/mol. The minimum Gasteiger partial charge on any atom is -0.480 e. The Balaban J connectivity index is 3.43. The lowest BCUT2D eigenvalue weighted by Crippen LogP contribution is -2.61. The molecule has 25 heteroatoms. The summed E-state index contributed by atoms with van der Waals surface area (Å²) in [5.74, 6) is -7.73. The van der Waals surface area contributed by atoms with Gasteiger partial charge >= 0.3 is 5.97 Å². The van der Waals surface area contributed by atoms with Gasteiger partial charge in [0.25, 0.3) is 0 Å². The highest BCUT2D eigenvalue weighted by atomic mass is 32.1. The first kappa shape index (κ1) is 61.8. The molecule has 0 aliphatic heterocycles. The van der Waals surface area contributed by atoms with E-state index >= 15 is 0 Å². The Kier molecular flexibility index (Phi) is 29.4. The zero-order chi connectivity index (χ0) is 52.9. The highest BCUT2D eigenvalue weighted by Crippen LogP contribution is 2.14. The molecule has 0 saturated heterocycles. The second-order valence-electron chi connectivity index (χ2n) is 17.5. The Morgan fingerprint density at radius 1 is 0.600 bits per heavy atom. The average molecular weight is 1010 g/mol. The molecule has 9 atom stereocenters. The van der Waals surface area contributed by atoms with E-state index in [-0.39, 0.29) is 75.2 Å². The summed E-state index contributed by atoms with van der Waals surface area (Å²) in [5, 5.41) is 28.3. The van der Waals surface area contributed by atoms with Crippen molar-refractivity contribution in [2.75, 3.05) is 25.4 Å². The first-order valence-corrected chi connectivity index (χ1v) is 24.2. The van der Waals surface area contributed by atoms with E-state index < -0.39 is 102 Å². The third-order valence-corrected chi connectivity index (χ3v) is 11.4. The number of carbonyl (C=O) groups is 8. The molecule has 394 valence electrons. The maximum Gasteiger partial charge on any atom is 0.326 e. The van der Waals surface area contributed by atoms with Crippen molar-refractivity contribution in [3.63, 3.8) is 0 Å². The van der Waals surface area contributed by atoms with Crippen LogP contribution in [0.4, 0.5) is 0 Å². The first-order valence-electron chi connectivity index (χ1n) is 23.6. The van der Waals surface area contributed by atoms with Crippen molar-refractivity contribution in [3.8, 4) is 0 Å². The van der Waals surface area contributed by atoms with Crippen molar-refractivity contribution >= 4 is 71.9 Å². The van der Waals surface area contributed by atoms with E-state index in [1.165, 1.54) is 6.92 Å². The van der Waals surface area contributed by atoms with E-state index in [9.17, 15) is 43.5 Å². The summed E-state index contributed by atoms with van der Waals surface area (Å²) in [6, 6.07) is -0.954. The topological polar surface area (TPSA) is 422 Å². The third-order valence-electron chi connectivity index (χ3n) is 11.1. The SMILES string of the molecule is CC[C@H](C)[C@H](NC(=O)[C@H](CC(C)C)NC(=O)[C@H](CCCN=C(N)N)NC(=O)[C@H](CCCN=C(N)N)NC(=O)[C@H](CS)NC(=O)[C@H](C)NC(=O)[C@@H](N)CCCCN)C(=O)N[C@@H](Cc1ccccc1)C(=O)O. The standard InChI is InChI=1S/C45H79N15O9S/c1-6-26(4)35(42(67)58-33(43(68)69)23-28-14-8-7-9-15-28)60-40(65)32(22-25(2)3)57-39(64)31(18-13-21-53-45(50)51)55-38(63)30(17-12-20-52-44(48)49)56-41(66)34(24-70)59-36(61)27(5)54-37(62)29(47)16-10-11-19-46/h7-9,14-15,25-27,29-35,70H,6,10-13,16-24,46-47H2,1-5H3,(H,54,62)(H,55,63)(H,56,66)(H,57,64)(H,58,67)(H,59,61)(H,60,65)(H,68,69)(H4,48,49,52)(H4,50,51,53)/t26-,27-,29-,30-,31-,32-,33-,34-,35-/m0/s1. The minimum atomic E-state index is -1.34. The van der Waals surface area contributed by atoms with Crippen LogP contribution in [0, 0.1) is 11.8 Å². The fourth-order valence-corrected chi connectivity index (χ4v) is 7.11. The van der Waals surface area contributed by atoms with Gasteiger partial charge in [0.1, 0.15) is 42.3 Å². The number of nitrogens with two attached hydrogens (primary N) is 6. The van der Waals surface area contributed by atoms with Gasteiger partial charge in [-0.25, -0.2) is 4.79 Å². The number of rotatable bonds is 34. The summed E-state index contributed by atoms with van der Waals surface area (Å²) >= 11 is 4.24. The fourth-order valence-electron chi connectivity index (χ4n) is 6.85. The van der Waals surface area contributed by atoms with Gasteiger partial charge in [0.2, 0.25) is 41.4 Å². The average Bonchev–Trinajstić information content (AvgIpc) is 3.30. The summed E-state index contributed by atoms with van der Waals surface area (Å²) in [4.78, 5) is 116. The molecule has 0 radical (unpaired) electrons. The zero-order valence-corrected chi connectivity index (χ0v) is 42.0. The summed E-state index contributed by atoms with van der Waals surface area (Å²) in [7, 11) is 0. The van der Waals surface area contributed by atoms with E-state index in [4.69, 9.17) is 34.4 Å². The number of carboxylic acid groups (broad SMARTS) is 1. The van der Waals surface area contributed by atoms with Crippen molar-refractivity contribution in [1.82, 2.24) is 37.2 Å². The molecule has 0 aliphatic rings. The van der Waals surface area contributed by atoms with Crippen LogP contribution < -0.4 is 71.6 Å². The van der Waals surface area contributed by atoms with Crippen molar-refractivity contribution in [2.24, 2.45) is 56.2 Å². The normalized spacial score (nSPS) is 14.9. The Morgan fingerprint density at radius 3 is 1.56 bits per heavy atom. The van der Waals surface area contributed by atoms with Crippen LogP contribution in [0.25, 0.3) is 0 Å². The molecule has 1 aromatic rings. The van der Waals surface area contributed by atoms with E-state index in [0.717, 1.165) is 0 Å². The minimum absolute atomic E-state index is 0.00849.